The average molecular weight is 346 g/mol. The van der Waals surface area contributed by atoms with Gasteiger partial charge in [0.15, 0.2) is 5.65 Å². The van der Waals surface area contributed by atoms with Crippen molar-refractivity contribution in [2.45, 2.75) is 25.8 Å². The first kappa shape index (κ1) is 15.2. The first-order chi connectivity index (χ1) is 11.6. The average Bonchev–Trinajstić information content (AvgIpc) is 2.99. The van der Waals surface area contributed by atoms with Crippen LogP contribution in [0.4, 0.5) is 5.82 Å². The van der Waals surface area contributed by atoms with Crippen LogP contribution in [-0.4, -0.2) is 42.7 Å². The highest BCUT2D eigenvalue weighted by Gasteiger charge is 2.22. The molecule has 0 aromatic carbocycles. The van der Waals surface area contributed by atoms with Crippen molar-refractivity contribution in [2.24, 2.45) is 0 Å². The molecule has 9 heteroatoms. The third-order valence-corrected chi connectivity index (χ3v) is 4.34. The van der Waals surface area contributed by atoms with E-state index in [1.165, 1.54) is 0 Å². The van der Waals surface area contributed by atoms with Gasteiger partial charge in [-0.2, -0.15) is 4.98 Å². The summed E-state index contributed by atoms with van der Waals surface area (Å²) in [6, 6.07) is 0.286. The molecule has 1 fully saturated rings. The zero-order chi connectivity index (χ0) is 16.7. The van der Waals surface area contributed by atoms with Gasteiger partial charge in [-0.15, -0.1) is 0 Å². The zero-order valence-corrected chi connectivity index (χ0v) is 13.9. The highest BCUT2D eigenvalue weighted by molar-refractivity contribution is 6.28. The molecule has 0 atom stereocenters. The van der Waals surface area contributed by atoms with Gasteiger partial charge in [-0.1, -0.05) is 0 Å². The second kappa shape index (κ2) is 5.95. The van der Waals surface area contributed by atoms with Gasteiger partial charge in [-0.25, -0.2) is 19.9 Å². The molecule has 3 aromatic heterocycles. The van der Waals surface area contributed by atoms with Crippen LogP contribution in [0.15, 0.2) is 12.5 Å². The van der Waals surface area contributed by atoms with Crippen molar-refractivity contribution in [3.8, 4) is 11.3 Å². The number of nitrogen functional groups attached to an aromatic ring is 1. The Bertz CT molecular complexity index is 904. The summed E-state index contributed by atoms with van der Waals surface area (Å²) in [7, 11) is 0. The van der Waals surface area contributed by atoms with E-state index in [2.05, 4.69) is 24.9 Å². The summed E-state index contributed by atoms with van der Waals surface area (Å²) in [5.74, 6) is 0.944. The molecule has 1 saturated heterocycles. The number of imidazole rings is 1. The maximum absolute atomic E-state index is 6.16. The van der Waals surface area contributed by atoms with Gasteiger partial charge < -0.3 is 15.0 Å². The Morgan fingerprint density at radius 3 is 2.75 bits per heavy atom. The lowest BCUT2D eigenvalue weighted by molar-refractivity contribution is 0.0704. The Morgan fingerprint density at radius 2 is 2.00 bits per heavy atom. The van der Waals surface area contributed by atoms with Gasteiger partial charge in [-0.05, 0) is 31.4 Å². The number of nitrogens with zero attached hydrogens (tertiary/aromatic N) is 6. The Morgan fingerprint density at radius 1 is 1.21 bits per heavy atom. The molecule has 4 heterocycles. The summed E-state index contributed by atoms with van der Waals surface area (Å²) in [4.78, 5) is 21.6. The first-order valence-corrected chi connectivity index (χ1v) is 8.08. The lowest BCUT2D eigenvalue weighted by atomic mass is 10.1. The SMILES string of the molecule is Cc1ncc(-c2nc(Cl)nc3c2ncn3C2CCOCC2)c(N)n1. The van der Waals surface area contributed by atoms with Crippen molar-refractivity contribution >= 4 is 28.6 Å². The lowest BCUT2D eigenvalue weighted by Gasteiger charge is -2.23. The highest BCUT2D eigenvalue weighted by atomic mass is 35.5. The van der Waals surface area contributed by atoms with Crippen LogP contribution >= 0.6 is 11.6 Å². The standard InChI is InChI=1S/C15H16ClN7O/c1-8-18-6-10(13(17)20-8)11-12-14(22-15(16)21-11)23(7-19-12)9-2-4-24-5-3-9/h6-7,9H,2-5H2,1H3,(H2,17,18,20). The molecule has 4 rings (SSSR count). The van der Waals surface area contributed by atoms with Crippen molar-refractivity contribution in [3.05, 3.63) is 23.6 Å². The van der Waals surface area contributed by atoms with Crippen molar-refractivity contribution in [1.82, 2.24) is 29.5 Å². The molecule has 1 aliphatic rings. The van der Waals surface area contributed by atoms with Gasteiger partial charge in [0.25, 0.3) is 0 Å². The van der Waals surface area contributed by atoms with E-state index in [-0.39, 0.29) is 11.3 Å². The lowest BCUT2D eigenvalue weighted by Crippen LogP contribution is -2.19. The van der Waals surface area contributed by atoms with Gasteiger partial charge in [0, 0.05) is 25.5 Å². The van der Waals surface area contributed by atoms with Crippen molar-refractivity contribution < 1.29 is 4.74 Å². The van der Waals surface area contributed by atoms with Gasteiger partial charge in [0.1, 0.15) is 22.9 Å². The number of hydrogen-bond donors (Lipinski definition) is 1. The predicted molar refractivity (Wildman–Crippen MR) is 89.6 cm³/mol. The number of halogens is 1. The summed E-state index contributed by atoms with van der Waals surface area (Å²) in [5, 5.41) is 0.145. The molecule has 0 spiro atoms. The Kier molecular flexibility index (Phi) is 3.78. The number of nitrogens with two attached hydrogens (primary N) is 1. The van der Waals surface area contributed by atoms with E-state index in [0.29, 0.717) is 34.1 Å². The first-order valence-electron chi connectivity index (χ1n) is 7.71. The van der Waals surface area contributed by atoms with Gasteiger partial charge in [0.05, 0.1) is 11.9 Å². The minimum absolute atomic E-state index is 0.145. The van der Waals surface area contributed by atoms with E-state index in [1.807, 2.05) is 4.57 Å². The Hall–Kier alpha value is -2.32. The third kappa shape index (κ3) is 2.57. The van der Waals surface area contributed by atoms with E-state index in [1.54, 1.807) is 19.4 Å². The highest BCUT2D eigenvalue weighted by Crippen LogP contribution is 2.31. The minimum Gasteiger partial charge on any atom is -0.383 e. The summed E-state index contributed by atoms with van der Waals surface area (Å²) in [5.41, 5.74) is 8.53. The maximum Gasteiger partial charge on any atom is 0.225 e. The molecule has 124 valence electrons. The predicted octanol–water partition coefficient (Wildman–Crippen LogP) is 2.18. The number of ether oxygens (including phenoxy) is 1. The van der Waals surface area contributed by atoms with E-state index < -0.39 is 0 Å². The number of fused-ring (bicyclic) bond motifs is 1. The van der Waals surface area contributed by atoms with Crippen LogP contribution < -0.4 is 5.73 Å². The molecule has 0 amide bonds. The van der Waals surface area contributed by atoms with Gasteiger partial charge in [-0.3, -0.25) is 0 Å². The maximum atomic E-state index is 6.16. The molecule has 2 N–H and O–H groups in total. The normalized spacial score (nSPS) is 15.9. The fourth-order valence-corrected chi connectivity index (χ4v) is 3.14. The number of hydrogen-bond acceptors (Lipinski definition) is 7. The monoisotopic (exact) mass is 345 g/mol. The molecule has 0 unspecified atom stereocenters. The van der Waals surface area contributed by atoms with E-state index in [9.17, 15) is 0 Å². The topological polar surface area (TPSA) is 105 Å². The van der Waals surface area contributed by atoms with Crippen LogP contribution in [0.1, 0.15) is 24.7 Å². The largest absolute Gasteiger partial charge is 0.383 e. The Labute approximate surface area is 143 Å². The van der Waals surface area contributed by atoms with Crippen molar-refractivity contribution in [2.75, 3.05) is 18.9 Å². The van der Waals surface area contributed by atoms with Crippen LogP contribution in [0.25, 0.3) is 22.4 Å². The summed E-state index contributed by atoms with van der Waals surface area (Å²) < 4.78 is 7.47. The molecule has 0 bridgehead atoms. The third-order valence-electron chi connectivity index (χ3n) is 4.17. The van der Waals surface area contributed by atoms with E-state index in [0.717, 1.165) is 26.1 Å². The molecule has 0 saturated carbocycles. The smallest absolute Gasteiger partial charge is 0.225 e. The Balaban J connectivity index is 1.89. The fourth-order valence-electron chi connectivity index (χ4n) is 2.98. The summed E-state index contributed by atoms with van der Waals surface area (Å²) >= 11 is 6.16. The second-order valence-corrected chi connectivity index (χ2v) is 6.06. The molecular weight excluding hydrogens is 330 g/mol. The van der Waals surface area contributed by atoms with Gasteiger partial charge >= 0.3 is 0 Å². The number of aryl methyl sites for hydroxylation is 1. The van der Waals surface area contributed by atoms with E-state index >= 15 is 0 Å². The zero-order valence-electron chi connectivity index (χ0n) is 13.1. The quantitative estimate of drug-likeness (QED) is 0.709. The molecule has 24 heavy (non-hydrogen) atoms. The minimum atomic E-state index is 0.145. The molecule has 3 aromatic rings. The van der Waals surface area contributed by atoms with Crippen LogP contribution in [0.5, 0.6) is 0 Å². The molecule has 8 nitrogen and oxygen atoms in total. The van der Waals surface area contributed by atoms with E-state index in [4.69, 9.17) is 22.1 Å². The second-order valence-electron chi connectivity index (χ2n) is 5.72. The van der Waals surface area contributed by atoms with Crippen LogP contribution in [0.2, 0.25) is 5.28 Å². The van der Waals surface area contributed by atoms with Crippen LogP contribution in [0, 0.1) is 6.92 Å². The molecule has 1 aliphatic heterocycles. The van der Waals surface area contributed by atoms with Crippen molar-refractivity contribution in [3.63, 3.8) is 0 Å². The summed E-state index contributed by atoms with van der Waals surface area (Å²) in [6.45, 7) is 3.24. The molecular formula is C15H16ClN7O. The van der Waals surface area contributed by atoms with Gasteiger partial charge in [0.2, 0.25) is 5.28 Å². The molecule has 0 aliphatic carbocycles. The van der Waals surface area contributed by atoms with Crippen LogP contribution in [0.3, 0.4) is 0 Å². The van der Waals surface area contributed by atoms with Crippen LogP contribution in [-0.2, 0) is 4.74 Å². The number of anilines is 1. The fraction of sp³-hybridized carbons (Fsp3) is 0.400. The molecule has 0 radical (unpaired) electrons. The summed E-state index contributed by atoms with van der Waals surface area (Å²) in [6.07, 6.45) is 5.25. The number of aromatic nitrogens is 6. The van der Waals surface area contributed by atoms with Crippen molar-refractivity contribution in [1.29, 1.82) is 0 Å². The number of rotatable bonds is 2.